The minimum Gasteiger partial charge on any atom is -0.508 e. The second-order valence-electron chi connectivity index (χ2n) is 19.5. The van der Waals surface area contributed by atoms with Gasteiger partial charge in [-0.15, -0.1) is 0 Å². The van der Waals surface area contributed by atoms with Crippen molar-refractivity contribution < 1.29 is 81.5 Å². The summed E-state index contributed by atoms with van der Waals surface area (Å²) in [5.74, 6) is 2.47. The molecule has 16 heteroatoms. The number of para-hydroxylation sites is 8. The highest BCUT2D eigenvalue weighted by molar-refractivity contribution is 5.50. The lowest BCUT2D eigenvalue weighted by atomic mass is 9.95. The molecule has 0 fully saturated rings. The fourth-order valence-electron chi connectivity index (χ4n) is 8.52. The molecule has 0 atom stereocenters. The molecule has 0 unspecified atom stereocenters. The predicted molar refractivity (Wildman–Crippen MR) is 353 cm³/mol. The van der Waals surface area contributed by atoms with E-state index < -0.39 is 0 Å². The van der Waals surface area contributed by atoms with Gasteiger partial charge in [-0.3, -0.25) is 0 Å². The lowest BCUT2D eigenvalue weighted by molar-refractivity contribution is -0.0987. The molecular weight excluding hydrogens is 1160 g/mol. The highest BCUT2D eigenvalue weighted by Crippen LogP contribution is 2.33. The van der Waals surface area contributed by atoms with E-state index in [1.807, 2.05) is 117 Å². The van der Waals surface area contributed by atoms with Crippen LogP contribution in [0.25, 0.3) is 0 Å². The van der Waals surface area contributed by atoms with Crippen LogP contribution in [0.5, 0.6) is 63.2 Å². The van der Waals surface area contributed by atoms with Crippen molar-refractivity contribution in [3.63, 3.8) is 0 Å². The third kappa shape index (κ3) is 25.7. The van der Waals surface area contributed by atoms with Crippen molar-refractivity contribution in [3.05, 3.63) is 328 Å². The zero-order valence-electron chi connectivity index (χ0n) is 49.8. The van der Waals surface area contributed by atoms with Gasteiger partial charge in [0.1, 0.15) is 76.8 Å². The number of phenolic OH excluding ortho intramolecular Hbond substituents is 9. The second-order valence-corrected chi connectivity index (χ2v) is 19.5. The number of carbonyl (C=O) groups is 2. The second kappa shape index (κ2) is 40.8. The number of carbonyl (C=O) groups excluding carboxylic acids is 2. The first-order chi connectivity index (χ1) is 43.6. The maximum atomic E-state index is 10.8. The van der Waals surface area contributed by atoms with Crippen LogP contribution in [0.3, 0.4) is 0 Å². The molecule has 0 spiro atoms. The summed E-state index contributed by atoms with van der Waals surface area (Å²) in [7, 11) is 0. The van der Waals surface area contributed by atoms with Crippen molar-refractivity contribution in [2.24, 2.45) is 0 Å². The first-order valence-corrected chi connectivity index (χ1v) is 27.9. The molecule has 0 saturated heterocycles. The smallest absolute Gasteiger partial charge is 0.122 e. The van der Waals surface area contributed by atoms with Crippen LogP contribution < -0.4 is 0 Å². The number of hydrogen-bond donors (Lipinski definition) is 13. The minimum absolute atomic E-state index is 0. The number of benzene rings is 11. The summed E-state index contributed by atoms with van der Waals surface area (Å²) in [6.07, 6.45) is 2.55. The Bertz CT molecular complexity index is 3800. The highest BCUT2D eigenvalue weighted by atomic mass is 16.3. The topological polar surface area (TPSA) is 329 Å². The Morgan fingerprint density at radius 1 is 0.220 bits per heavy atom. The maximum Gasteiger partial charge on any atom is 0.122 e. The maximum absolute atomic E-state index is 10.8. The van der Waals surface area contributed by atoms with Crippen molar-refractivity contribution in [3.8, 4) is 63.2 Å². The van der Waals surface area contributed by atoms with Gasteiger partial charge in [0.15, 0.2) is 0 Å². The van der Waals surface area contributed by atoms with Gasteiger partial charge in [0, 0.05) is 43.2 Å². The molecule has 0 bridgehead atoms. The predicted octanol–water partition coefficient (Wildman–Crippen LogP) is 12.6. The Morgan fingerprint density at radius 3 is 0.802 bits per heavy atom. The zero-order valence-corrected chi connectivity index (χ0v) is 49.8. The summed E-state index contributed by atoms with van der Waals surface area (Å²) in [5.41, 5.74) is 9.39. The van der Waals surface area contributed by atoms with Crippen LogP contribution >= 0.6 is 0 Å². The van der Waals surface area contributed by atoms with Crippen molar-refractivity contribution in [1.29, 1.82) is 0 Å². The normalized spacial score (nSPS) is 9.65. The summed E-state index contributed by atoms with van der Waals surface area (Å²) in [4.78, 5) is 16.0. The zero-order chi connectivity index (χ0) is 65.6. The van der Waals surface area contributed by atoms with E-state index in [1.54, 1.807) is 158 Å². The molecule has 16 nitrogen and oxygen atoms in total. The van der Waals surface area contributed by atoms with Gasteiger partial charge in [-0.2, -0.15) is 0 Å². The van der Waals surface area contributed by atoms with Crippen molar-refractivity contribution in [2.75, 3.05) is 0 Å². The summed E-state index contributed by atoms with van der Waals surface area (Å²) in [6.45, 7) is 3.70. The summed E-state index contributed by atoms with van der Waals surface area (Å²) < 4.78 is 0. The number of rotatable bonds is 12. The molecule has 0 aliphatic rings. The van der Waals surface area contributed by atoms with Crippen LogP contribution in [0.4, 0.5) is 0 Å². The van der Waals surface area contributed by atoms with E-state index >= 15 is 0 Å². The van der Waals surface area contributed by atoms with E-state index in [4.69, 9.17) is 40.2 Å². The molecule has 0 aliphatic carbocycles. The van der Waals surface area contributed by atoms with Gasteiger partial charge in [-0.1, -0.05) is 176 Å². The average molecular weight is 1230 g/mol. The van der Waals surface area contributed by atoms with Crippen LogP contribution in [-0.4, -0.2) is 85.4 Å². The number of aliphatic hydroxyl groups excluding tert-OH is 2. The fraction of sp³-hybridized carbons (Fsp3) is 0.0933. The summed E-state index contributed by atoms with van der Waals surface area (Å²) in [6, 6.07) is 75.8. The molecule has 0 amide bonds. The van der Waals surface area contributed by atoms with Crippen molar-refractivity contribution in [1.82, 2.24) is 0 Å². The van der Waals surface area contributed by atoms with E-state index in [-0.39, 0.29) is 64.7 Å². The lowest BCUT2D eigenvalue weighted by Crippen LogP contribution is -1.97. The molecule has 0 saturated carbocycles. The summed E-state index contributed by atoms with van der Waals surface area (Å²) >= 11 is 0. The van der Waals surface area contributed by atoms with Gasteiger partial charge < -0.3 is 81.5 Å². The van der Waals surface area contributed by atoms with Gasteiger partial charge in [0.05, 0.1) is 13.2 Å². The van der Waals surface area contributed by atoms with Gasteiger partial charge in [-0.25, -0.2) is 0 Å². The van der Waals surface area contributed by atoms with Gasteiger partial charge in [0.25, 0.3) is 0 Å². The molecule has 0 aliphatic heterocycles. The van der Waals surface area contributed by atoms with Crippen LogP contribution in [0.2, 0.25) is 0 Å². The standard InChI is InChI=1S/C27H24O4.C14H14O3.C13H12O2.C7H8O2.2C6H6O.2CH2O.H2O/c28-24-10-3-1-6-19(24)14-18-12-13-26(30)23(15-18)17-22-9-5-8-21(27(22)31)16-20-7-2-4-11-25(20)29;15-9-12-8-10(5-6-14(12)17)7-11-3-1-2-4-13(11)16;14-12-7-5-10(6-8-12)9-11-3-1-2-4-13(11)15;8-5-6-3-1-2-4-7(6)9;2*7-6-4-2-1-3-5-6;2*1-2;/h1-13,15,28-31H,14,16-17H2;1-6,8,15-17H,7,9H2;1-8,14-15H,9H2;1-4,8-9H,5H2;2*1-5,7H;2*1H2;1H2. The van der Waals surface area contributed by atoms with Gasteiger partial charge >= 0.3 is 0 Å². The Labute approximate surface area is 528 Å². The molecule has 91 heavy (non-hydrogen) atoms. The number of hydrogen-bond acceptors (Lipinski definition) is 15. The van der Waals surface area contributed by atoms with Crippen molar-refractivity contribution in [2.45, 2.75) is 45.3 Å². The first-order valence-electron chi connectivity index (χ1n) is 27.9. The van der Waals surface area contributed by atoms with Gasteiger partial charge in [0.2, 0.25) is 0 Å². The molecule has 472 valence electrons. The van der Waals surface area contributed by atoms with E-state index in [0.29, 0.717) is 77.2 Å². The van der Waals surface area contributed by atoms with E-state index in [0.717, 1.165) is 38.9 Å². The molecular formula is C75H76O16. The average Bonchev–Trinajstić information content (AvgIpc) is 1.42. The Kier molecular flexibility index (Phi) is 33.0. The first kappa shape index (κ1) is 73.7. The Morgan fingerprint density at radius 2 is 0.473 bits per heavy atom. The molecule has 11 aromatic carbocycles. The molecule has 11 rings (SSSR count). The number of aliphatic hydroxyl groups is 2. The molecule has 11 aromatic rings. The molecule has 0 aromatic heterocycles. The van der Waals surface area contributed by atoms with E-state index in [1.165, 1.54) is 0 Å². The van der Waals surface area contributed by atoms with Crippen LogP contribution in [0.15, 0.2) is 261 Å². The minimum atomic E-state index is -0.194. The molecule has 0 heterocycles. The van der Waals surface area contributed by atoms with Crippen molar-refractivity contribution >= 4 is 13.6 Å². The van der Waals surface area contributed by atoms with Crippen LogP contribution in [-0.2, 0) is 54.9 Å². The van der Waals surface area contributed by atoms with Crippen LogP contribution in [0.1, 0.15) is 66.8 Å². The third-order valence-electron chi connectivity index (χ3n) is 13.2. The summed E-state index contributed by atoms with van der Waals surface area (Å²) in [5, 5.41) is 123. The fourth-order valence-corrected chi connectivity index (χ4v) is 8.52. The number of aromatic hydroxyl groups is 11. The SMILES string of the molecule is C=O.C=O.O.OCc1cc(Cc2ccccc2O)ccc1O.OCc1ccccc1O.Oc1ccc(Cc2ccccc2O)cc1.Oc1ccccc1.Oc1ccccc1.Oc1ccccc1Cc1ccc(O)c(Cc2cccc(Cc3ccccc3O)c2O)c1. The Balaban J connectivity index is 0.000000307. The highest BCUT2D eigenvalue weighted by Gasteiger charge is 2.14. The molecule has 0 radical (unpaired) electrons. The Hall–Kier alpha value is -11.6. The van der Waals surface area contributed by atoms with E-state index in [2.05, 4.69) is 0 Å². The van der Waals surface area contributed by atoms with Gasteiger partial charge in [-0.05, 0) is 141 Å². The van der Waals surface area contributed by atoms with E-state index in [9.17, 15) is 35.7 Å². The quantitative estimate of drug-likeness (QED) is 0.0541. The van der Waals surface area contributed by atoms with Crippen LogP contribution in [0, 0.1) is 0 Å². The largest absolute Gasteiger partial charge is 0.508 e. The third-order valence-corrected chi connectivity index (χ3v) is 13.2. The molecule has 15 N–H and O–H groups in total. The monoisotopic (exact) mass is 1230 g/mol. The number of phenols is 11. The lowest BCUT2D eigenvalue weighted by Gasteiger charge is -2.13.